The topological polar surface area (TPSA) is 55.6 Å². The van der Waals surface area contributed by atoms with Crippen molar-refractivity contribution in [3.05, 3.63) is 23.6 Å². The van der Waals surface area contributed by atoms with Crippen LogP contribution in [0, 0.1) is 6.92 Å². The Morgan fingerprint density at radius 2 is 2.17 bits per heavy atom. The minimum atomic E-state index is 0.568. The minimum absolute atomic E-state index is 0.568. The van der Waals surface area contributed by atoms with Gasteiger partial charge in [0.2, 0.25) is 0 Å². The first-order valence-corrected chi connectivity index (χ1v) is 5.96. The molecule has 0 unspecified atom stereocenters. The van der Waals surface area contributed by atoms with Gasteiger partial charge in [-0.15, -0.1) is 0 Å². The van der Waals surface area contributed by atoms with Crippen molar-refractivity contribution in [3.8, 4) is 0 Å². The number of aromatic nitrogens is 1. The van der Waals surface area contributed by atoms with Crippen LogP contribution in [-0.2, 0) is 4.74 Å². The molecular weight excluding hydrogens is 232 g/mol. The van der Waals surface area contributed by atoms with E-state index in [1.165, 1.54) is 0 Å². The van der Waals surface area contributed by atoms with E-state index in [2.05, 4.69) is 9.88 Å². The molecule has 5 heteroatoms. The molecule has 0 radical (unpaired) electrons. The van der Waals surface area contributed by atoms with Gasteiger partial charge in [0.25, 0.3) is 0 Å². The summed E-state index contributed by atoms with van der Waals surface area (Å²) in [5.41, 5.74) is 1.26. The largest absolute Gasteiger partial charge is 0.457 e. The van der Waals surface area contributed by atoms with Crippen LogP contribution in [0.4, 0.5) is 5.82 Å². The third-order valence-electron chi connectivity index (χ3n) is 3.13. The zero-order valence-electron chi connectivity index (χ0n) is 10.2. The van der Waals surface area contributed by atoms with Crippen LogP contribution < -0.4 is 4.90 Å². The standard InChI is InChI=1S/C13H14N2O3/c1-9-6-11-10(8-16)7-14-13(12(11)18-9)15-2-4-17-5-3-15/h6-8H,2-5H2,1H3. The maximum absolute atomic E-state index is 11.0. The van der Waals surface area contributed by atoms with Crippen molar-refractivity contribution in [3.63, 3.8) is 0 Å². The maximum atomic E-state index is 11.0. The van der Waals surface area contributed by atoms with Gasteiger partial charge in [-0.3, -0.25) is 4.79 Å². The number of morpholine rings is 1. The molecule has 5 nitrogen and oxygen atoms in total. The number of aldehydes is 1. The molecule has 1 fully saturated rings. The number of carbonyl (C=O) groups is 1. The number of furan rings is 1. The normalized spacial score (nSPS) is 16.2. The minimum Gasteiger partial charge on any atom is -0.457 e. The monoisotopic (exact) mass is 246 g/mol. The first-order valence-electron chi connectivity index (χ1n) is 5.96. The maximum Gasteiger partial charge on any atom is 0.177 e. The summed E-state index contributed by atoms with van der Waals surface area (Å²) in [4.78, 5) is 17.5. The molecule has 0 aliphatic carbocycles. The number of rotatable bonds is 2. The number of aryl methyl sites for hydroxylation is 1. The van der Waals surface area contributed by atoms with Gasteiger partial charge >= 0.3 is 0 Å². The number of carbonyl (C=O) groups excluding carboxylic acids is 1. The molecule has 0 aromatic carbocycles. The Morgan fingerprint density at radius 1 is 1.39 bits per heavy atom. The molecule has 0 atom stereocenters. The van der Waals surface area contributed by atoms with Crippen LogP contribution >= 0.6 is 0 Å². The van der Waals surface area contributed by atoms with E-state index >= 15 is 0 Å². The van der Waals surface area contributed by atoms with Crippen molar-refractivity contribution in [2.45, 2.75) is 6.92 Å². The average molecular weight is 246 g/mol. The summed E-state index contributed by atoms with van der Waals surface area (Å²) in [6.45, 7) is 4.85. The second kappa shape index (κ2) is 4.42. The fourth-order valence-electron chi connectivity index (χ4n) is 2.25. The molecular formula is C13H14N2O3. The van der Waals surface area contributed by atoms with Gasteiger partial charge in [-0.2, -0.15) is 0 Å². The first kappa shape index (κ1) is 11.2. The predicted molar refractivity (Wildman–Crippen MR) is 67.2 cm³/mol. The smallest absolute Gasteiger partial charge is 0.177 e. The van der Waals surface area contributed by atoms with Crippen LogP contribution in [0.25, 0.3) is 11.0 Å². The third kappa shape index (κ3) is 1.76. The van der Waals surface area contributed by atoms with E-state index in [0.29, 0.717) is 24.4 Å². The van der Waals surface area contributed by atoms with Crippen molar-refractivity contribution >= 4 is 23.1 Å². The zero-order chi connectivity index (χ0) is 12.5. The van der Waals surface area contributed by atoms with Crippen LogP contribution in [-0.4, -0.2) is 37.6 Å². The SMILES string of the molecule is Cc1cc2c(C=O)cnc(N3CCOCC3)c2o1. The van der Waals surface area contributed by atoms with Gasteiger partial charge in [0.05, 0.1) is 13.2 Å². The fraction of sp³-hybridized carbons (Fsp3) is 0.385. The van der Waals surface area contributed by atoms with E-state index in [0.717, 1.165) is 36.3 Å². The van der Waals surface area contributed by atoms with Crippen LogP contribution in [0.1, 0.15) is 16.1 Å². The highest BCUT2D eigenvalue weighted by atomic mass is 16.5. The van der Waals surface area contributed by atoms with Gasteiger partial charge < -0.3 is 14.1 Å². The molecule has 0 N–H and O–H groups in total. The average Bonchev–Trinajstić information content (AvgIpc) is 2.80. The van der Waals surface area contributed by atoms with Crippen molar-refractivity contribution in [1.82, 2.24) is 4.98 Å². The highest BCUT2D eigenvalue weighted by Crippen LogP contribution is 2.29. The Kier molecular flexibility index (Phi) is 2.76. The van der Waals surface area contributed by atoms with Gasteiger partial charge in [-0.1, -0.05) is 0 Å². The Hall–Kier alpha value is -1.88. The molecule has 1 aliphatic rings. The number of hydrogen-bond donors (Lipinski definition) is 0. The Morgan fingerprint density at radius 3 is 2.89 bits per heavy atom. The number of anilines is 1. The summed E-state index contributed by atoms with van der Waals surface area (Å²) in [5.74, 6) is 1.59. The molecule has 0 amide bonds. The molecule has 18 heavy (non-hydrogen) atoms. The van der Waals surface area contributed by atoms with Crippen LogP contribution in [0.3, 0.4) is 0 Å². The lowest BCUT2D eigenvalue weighted by molar-refractivity contribution is 0.112. The van der Waals surface area contributed by atoms with Crippen LogP contribution in [0.2, 0.25) is 0 Å². The van der Waals surface area contributed by atoms with E-state index in [1.807, 2.05) is 13.0 Å². The molecule has 0 saturated carbocycles. The number of pyridine rings is 1. The van der Waals surface area contributed by atoms with E-state index < -0.39 is 0 Å². The second-order valence-corrected chi connectivity index (χ2v) is 4.35. The number of hydrogen-bond acceptors (Lipinski definition) is 5. The summed E-state index contributed by atoms with van der Waals surface area (Å²) in [6.07, 6.45) is 2.42. The van der Waals surface area contributed by atoms with E-state index in [-0.39, 0.29) is 0 Å². The Bertz CT molecular complexity index is 585. The van der Waals surface area contributed by atoms with E-state index in [1.54, 1.807) is 6.20 Å². The van der Waals surface area contributed by atoms with Gasteiger partial charge in [0.1, 0.15) is 5.76 Å². The van der Waals surface area contributed by atoms with Gasteiger partial charge in [0.15, 0.2) is 17.7 Å². The lowest BCUT2D eigenvalue weighted by atomic mass is 10.2. The van der Waals surface area contributed by atoms with Crippen LogP contribution in [0.15, 0.2) is 16.7 Å². The molecule has 3 rings (SSSR count). The highest BCUT2D eigenvalue weighted by molar-refractivity contribution is 6.00. The molecule has 94 valence electrons. The molecule has 0 spiro atoms. The third-order valence-corrected chi connectivity index (χ3v) is 3.13. The zero-order valence-corrected chi connectivity index (χ0v) is 10.2. The molecule has 2 aromatic rings. The van der Waals surface area contributed by atoms with Crippen molar-refractivity contribution in [2.24, 2.45) is 0 Å². The Labute approximate surface area is 104 Å². The van der Waals surface area contributed by atoms with Gasteiger partial charge in [0, 0.05) is 30.2 Å². The molecule has 1 aliphatic heterocycles. The number of fused-ring (bicyclic) bond motifs is 1. The van der Waals surface area contributed by atoms with E-state index in [9.17, 15) is 4.79 Å². The Balaban J connectivity index is 2.14. The molecule has 1 saturated heterocycles. The second-order valence-electron chi connectivity index (χ2n) is 4.35. The van der Waals surface area contributed by atoms with Crippen molar-refractivity contribution in [1.29, 1.82) is 0 Å². The number of ether oxygens (including phenoxy) is 1. The van der Waals surface area contributed by atoms with E-state index in [4.69, 9.17) is 9.15 Å². The summed E-state index contributed by atoms with van der Waals surface area (Å²) >= 11 is 0. The van der Waals surface area contributed by atoms with Crippen molar-refractivity contribution < 1.29 is 13.9 Å². The predicted octanol–water partition coefficient (Wildman–Crippen LogP) is 1.79. The first-order chi connectivity index (χ1) is 8.79. The van der Waals surface area contributed by atoms with Crippen LogP contribution in [0.5, 0.6) is 0 Å². The molecule has 0 bridgehead atoms. The lowest BCUT2D eigenvalue weighted by Crippen LogP contribution is -2.36. The summed E-state index contributed by atoms with van der Waals surface area (Å²) in [6, 6.07) is 1.88. The van der Waals surface area contributed by atoms with Gasteiger partial charge in [-0.25, -0.2) is 4.98 Å². The summed E-state index contributed by atoms with van der Waals surface area (Å²) < 4.78 is 11.0. The molecule has 3 heterocycles. The van der Waals surface area contributed by atoms with Gasteiger partial charge in [-0.05, 0) is 13.0 Å². The molecule has 2 aromatic heterocycles. The summed E-state index contributed by atoms with van der Waals surface area (Å²) in [5, 5.41) is 0.832. The fourth-order valence-corrected chi connectivity index (χ4v) is 2.25. The number of nitrogens with zero attached hydrogens (tertiary/aromatic N) is 2. The quantitative estimate of drug-likeness (QED) is 0.756. The van der Waals surface area contributed by atoms with Crippen molar-refractivity contribution in [2.75, 3.05) is 31.2 Å². The lowest BCUT2D eigenvalue weighted by Gasteiger charge is -2.27. The highest BCUT2D eigenvalue weighted by Gasteiger charge is 2.19. The summed E-state index contributed by atoms with van der Waals surface area (Å²) in [7, 11) is 0.